The average molecular weight is 264 g/mol. The van der Waals surface area contributed by atoms with E-state index in [9.17, 15) is 20.0 Å². The van der Waals surface area contributed by atoms with Crippen LogP contribution in [0.25, 0.3) is 0 Å². The van der Waals surface area contributed by atoms with Gasteiger partial charge in [0.25, 0.3) is 5.69 Å². The summed E-state index contributed by atoms with van der Waals surface area (Å²) in [5, 5.41) is 23.0. The zero-order chi connectivity index (χ0) is 13.9. The van der Waals surface area contributed by atoms with Gasteiger partial charge in [0.05, 0.1) is 4.92 Å². The number of carboxylic acid groups (broad SMARTS) is 1. The fourth-order valence-corrected chi connectivity index (χ4v) is 2.49. The molecule has 1 aliphatic rings. The molecule has 1 aromatic carbocycles. The largest absolute Gasteiger partial charge is 0.480 e. The Balaban J connectivity index is 2.17. The van der Waals surface area contributed by atoms with Crippen molar-refractivity contribution in [3.8, 4) is 0 Å². The van der Waals surface area contributed by atoms with Gasteiger partial charge in [0.15, 0.2) is 0 Å². The van der Waals surface area contributed by atoms with Gasteiger partial charge in [0, 0.05) is 17.8 Å². The van der Waals surface area contributed by atoms with Crippen LogP contribution in [-0.2, 0) is 4.79 Å². The number of hydrogen-bond donors (Lipinski definition) is 2. The molecule has 0 aliphatic heterocycles. The number of nitrogens with one attached hydrogen (secondary N) is 1. The number of nitrogens with zero attached hydrogens (tertiary/aromatic N) is 1. The van der Waals surface area contributed by atoms with Gasteiger partial charge in [-0.15, -0.1) is 0 Å². The molecule has 1 saturated carbocycles. The van der Waals surface area contributed by atoms with Crippen molar-refractivity contribution in [2.24, 2.45) is 0 Å². The summed E-state index contributed by atoms with van der Waals surface area (Å²) in [6.07, 6.45) is 3.98. The Morgan fingerprint density at radius 2 is 1.79 bits per heavy atom. The molecule has 0 spiro atoms. The molecular weight excluding hydrogens is 248 g/mol. The number of carbonyl (C=O) groups is 1. The van der Waals surface area contributed by atoms with Crippen LogP contribution in [0, 0.1) is 10.1 Å². The number of aliphatic carboxylic acids is 1. The van der Waals surface area contributed by atoms with Crippen LogP contribution < -0.4 is 5.32 Å². The lowest BCUT2D eigenvalue weighted by Gasteiger charge is -2.34. The third-order valence-corrected chi connectivity index (χ3v) is 3.58. The number of hydrogen-bond acceptors (Lipinski definition) is 4. The number of carboxylic acids is 1. The summed E-state index contributed by atoms with van der Waals surface area (Å²) in [5.41, 5.74) is -0.331. The zero-order valence-electron chi connectivity index (χ0n) is 10.5. The fraction of sp³-hybridized carbons (Fsp3) is 0.462. The normalized spacial score (nSPS) is 17.7. The van der Waals surface area contributed by atoms with Crippen molar-refractivity contribution in [2.45, 2.75) is 37.6 Å². The molecule has 6 nitrogen and oxygen atoms in total. The molecule has 0 aromatic heterocycles. The number of nitro benzene ring substituents is 1. The van der Waals surface area contributed by atoms with Gasteiger partial charge in [-0.3, -0.25) is 10.1 Å². The van der Waals surface area contributed by atoms with E-state index in [0.717, 1.165) is 19.3 Å². The Morgan fingerprint density at radius 1 is 1.21 bits per heavy atom. The van der Waals surface area contributed by atoms with Crippen LogP contribution >= 0.6 is 0 Å². The van der Waals surface area contributed by atoms with E-state index in [1.54, 1.807) is 12.1 Å². The predicted octanol–water partition coefficient (Wildman–Crippen LogP) is 2.79. The minimum atomic E-state index is -0.936. The monoisotopic (exact) mass is 264 g/mol. The zero-order valence-corrected chi connectivity index (χ0v) is 10.5. The molecular formula is C13H16N2O4. The third kappa shape index (κ3) is 2.83. The maximum absolute atomic E-state index is 11.5. The molecule has 0 saturated heterocycles. The van der Waals surface area contributed by atoms with Gasteiger partial charge in [-0.2, -0.15) is 0 Å². The quantitative estimate of drug-likeness (QED) is 0.644. The Bertz CT molecular complexity index is 478. The average Bonchev–Trinajstić information content (AvgIpc) is 2.40. The van der Waals surface area contributed by atoms with Gasteiger partial charge in [0.2, 0.25) is 0 Å². The molecule has 2 rings (SSSR count). The first-order chi connectivity index (χ1) is 9.03. The molecule has 2 N–H and O–H groups in total. The first kappa shape index (κ1) is 13.3. The molecule has 1 fully saturated rings. The van der Waals surface area contributed by atoms with Gasteiger partial charge >= 0.3 is 5.97 Å². The van der Waals surface area contributed by atoms with Crippen molar-refractivity contribution >= 4 is 17.3 Å². The lowest BCUT2D eigenvalue weighted by Crippen LogP contribution is -2.47. The van der Waals surface area contributed by atoms with Crippen molar-refractivity contribution in [3.63, 3.8) is 0 Å². The highest BCUT2D eigenvalue weighted by Crippen LogP contribution is 2.32. The van der Waals surface area contributed by atoms with Crippen LogP contribution in [-0.4, -0.2) is 21.5 Å². The van der Waals surface area contributed by atoms with Crippen LogP contribution in [0.3, 0.4) is 0 Å². The molecule has 0 bridgehead atoms. The summed E-state index contributed by atoms with van der Waals surface area (Å²) in [5.74, 6) is -0.856. The van der Waals surface area contributed by atoms with E-state index < -0.39 is 16.4 Å². The molecule has 1 aliphatic carbocycles. The van der Waals surface area contributed by atoms with E-state index in [4.69, 9.17) is 0 Å². The van der Waals surface area contributed by atoms with Crippen molar-refractivity contribution in [3.05, 3.63) is 34.4 Å². The summed E-state index contributed by atoms with van der Waals surface area (Å²) in [7, 11) is 0. The number of nitro groups is 1. The molecule has 6 heteroatoms. The molecule has 0 heterocycles. The van der Waals surface area contributed by atoms with Crippen LogP contribution in [0.1, 0.15) is 32.1 Å². The predicted molar refractivity (Wildman–Crippen MR) is 70.2 cm³/mol. The smallest absolute Gasteiger partial charge is 0.329 e. The summed E-state index contributed by atoms with van der Waals surface area (Å²) in [6, 6.07) is 5.86. The number of benzene rings is 1. The lowest BCUT2D eigenvalue weighted by atomic mass is 9.81. The summed E-state index contributed by atoms with van der Waals surface area (Å²) < 4.78 is 0. The Labute approximate surface area is 110 Å². The number of non-ortho nitro benzene ring substituents is 1. The second-order valence-corrected chi connectivity index (χ2v) is 4.88. The van der Waals surface area contributed by atoms with Gasteiger partial charge in [-0.1, -0.05) is 19.3 Å². The van der Waals surface area contributed by atoms with Crippen molar-refractivity contribution in [1.29, 1.82) is 0 Å². The number of rotatable bonds is 4. The van der Waals surface area contributed by atoms with Crippen molar-refractivity contribution in [2.75, 3.05) is 5.32 Å². The molecule has 102 valence electrons. The molecule has 0 atom stereocenters. The van der Waals surface area contributed by atoms with E-state index in [1.165, 1.54) is 12.1 Å². The fourth-order valence-electron chi connectivity index (χ4n) is 2.49. The molecule has 0 unspecified atom stereocenters. The Hall–Kier alpha value is -2.11. The molecule has 0 radical (unpaired) electrons. The lowest BCUT2D eigenvalue weighted by molar-refractivity contribution is -0.384. The Kier molecular flexibility index (Phi) is 3.69. The van der Waals surface area contributed by atoms with E-state index in [2.05, 4.69) is 5.32 Å². The van der Waals surface area contributed by atoms with E-state index in [1.807, 2.05) is 0 Å². The summed E-state index contributed by atoms with van der Waals surface area (Å²) >= 11 is 0. The summed E-state index contributed by atoms with van der Waals surface area (Å²) in [4.78, 5) is 21.6. The van der Waals surface area contributed by atoms with Crippen LogP contribution in [0.15, 0.2) is 24.3 Å². The second-order valence-electron chi connectivity index (χ2n) is 4.88. The van der Waals surface area contributed by atoms with E-state index in [-0.39, 0.29) is 5.69 Å². The van der Waals surface area contributed by atoms with Gasteiger partial charge in [0.1, 0.15) is 5.54 Å². The standard InChI is InChI=1S/C13H16N2O4/c16-12(17)13(8-2-1-3-9-13)14-10-4-6-11(7-5-10)15(18)19/h4-7,14H,1-3,8-9H2,(H,16,17). The highest BCUT2D eigenvalue weighted by atomic mass is 16.6. The van der Waals surface area contributed by atoms with Crippen LogP contribution in [0.5, 0.6) is 0 Å². The summed E-state index contributed by atoms with van der Waals surface area (Å²) in [6.45, 7) is 0. The SMILES string of the molecule is O=C(O)C1(Nc2ccc([N+](=O)[O-])cc2)CCCCC1. The van der Waals surface area contributed by atoms with Crippen molar-refractivity contribution in [1.82, 2.24) is 0 Å². The maximum atomic E-state index is 11.5. The first-order valence-corrected chi connectivity index (χ1v) is 6.29. The second kappa shape index (κ2) is 5.26. The Morgan fingerprint density at radius 3 is 2.26 bits per heavy atom. The van der Waals surface area contributed by atoms with Gasteiger partial charge in [-0.25, -0.2) is 4.79 Å². The van der Waals surface area contributed by atoms with Gasteiger partial charge < -0.3 is 10.4 Å². The van der Waals surface area contributed by atoms with Crippen LogP contribution in [0.4, 0.5) is 11.4 Å². The topological polar surface area (TPSA) is 92.5 Å². The first-order valence-electron chi connectivity index (χ1n) is 6.29. The maximum Gasteiger partial charge on any atom is 0.329 e. The van der Waals surface area contributed by atoms with E-state index >= 15 is 0 Å². The molecule has 19 heavy (non-hydrogen) atoms. The molecule has 1 aromatic rings. The van der Waals surface area contributed by atoms with Gasteiger partial charge in [-0.05, 0) is 25.0 Å². The van der Waals surface area contributed by atoms with Crippen LogP contribution in [0.2, 0.25) is 0 Å². The highest BCUT2D eigenvalue weighted by Gasteiger charge is 2.39. The minimum Gasteiger partial charge on any atom is -0.480 e. The molecule has 0 amide bonds. The number of anilines is 1. The minimum absolute atomic E-state index is 0.00132. The van der Waals surface area contributed by atoms with E-state index in [0.29, 0.717) is 18.5 Å². The highest BCUT2D eigenvalue weighted by molar-refractivity contribution is 5.83. The van der Waals surface area contributed by atoms with Crippen molar-refractivity contribution < 1.29 is 14.8 Å². The third-order valence-electron chi connectivity index (χ3n) is 3.58.